The fourth-order valence-corrected chi connectivity index (χ4v) is 3.93. The Hall–Kier alpha value is -2.82. The molecule has 0 amide bonds. The van der Waals surface area contributed by atoms with Crippen molar-refractivity contribution in [2.45, 2.75) is 57.8 Å². The Kier molecular flexibility index (Phi) is 7.27. The van der Waals surface area contributed by atoms with Gasteiger partial charge in [-0.25, -0.2) is 4.79 Å². The van der Waals surface area contributed by atoms with Gasteiger partial charge < -0.3 is 14.2 Å². The maximum absolute atomic E-state index is 13.2. The van der Waals surface area contributed by atoms with E-state index in [-0.39, 0.29) is 6.10 Å². The van der Waals surface area contributed by atoms with Crippen molar-refractivity contribution in [3.63, 3.8) is 0 Å². The molecule has 2 heterocycles. The van der Waals surface area contributed by atoms with Crippen molar-refractivity contribution < 1.29 is 19.0 Å². The Balaban J connectivity index is 2.10. The number of benzene rings is 1. The first kappa shape index (κ1) is 23.8. The molecule has 7 nitrogen and oxygen atoms in total. The molecule has 1 aromatic heterocycles. The van der Waals surface area contributed by atoms with Gasteiger partial charge in [0.2, 0.25) is 0 Å². The second-order valence-electron chi connectivity index (χ2n) is 8.72. The number of methoxy groups -OCH3 is 1. The standard InChI is InChI=1S/C24H27ClN2O5/c1-24(2,3)32-23(29)20(11-17-6-5-9-31-17)27-14-21(30-4)19(12-22(27)28)18-10-16(25)8-7-15(18)13-26/h7-8,10,12,14,17,20H,5-6,9,11H2,1-4H3. The minimum Gasteiger partial charge on any atom is -0.495 e. The van der Waals surface area contributed by atoms with Crippen LogP contribution in [0.3, 0.4) is 0 Å². The average molecular weight is 459 g/mol. The summed E-state index contributed by atoms with van der Waals surface area (Å²) >= 11 is 6.13. The Morgan fingerprint density at radius 3 is 2.69 bits per heavy atom. The van der Waals surface area contributed by atoms with Gasteiger partial charge in [-0.05, 0) is 51.8 Å². The highest BCUT2D eigenvalue weighted by atomic mass is 35.5. The van der Waals surface area contributed by atoms with Crippen LogP contribution in [-0.2, 0) is 14.3 Å². The normalized spacial score (nSPS) is 16.9. The second-order valence-corrected chi connectivity index (χ2v) is 9.16. The van der Waals surface area contributed by atoms with Gasteiger partial charge in [-0.2, -0.15) is 5.26 Å². The van der Waals surface area contributed by atoms with Crippen LogP contribution in [-0.4, -0.2) is 36.0 Å². The SMILES string of the molecule is COc1cn(C(CC2CCCO2)C(=O)OC(C)(C)C)c(=O)cc1-c1cc(Cl)ccc1C#N. The molecule has 2 atom stereocenters. The van der Waals surface area contributed by atoms with E-state index in [2.05, 4.69) is 6.07 Å². The molecule has 2 aromatic rings. The smallest absolute Gasteiger partial charge is 0.329 e. The summed E-state index contributed by atoms with van der Waals surface area (Å²) in [6.07, 6.45) is 3.40. The number of hydrogen-bond donors (Lipinski definition) is 0. The van der Waals surface area contributed by atoms with Gasteiger partial charge in [0.1, 0.15) is 17.4 Å². The number of esters is 1. The summed E-state index contributed by atoms with van der Waals surface area (Å²) in [5.74, 6) is -0.172. The summed E-state index contributed by atoms with van der Waals surface area (Å²) in [7, 11) is 1.47. The Morgan fingerprint density at radius 2 is 2.09 bits per heavy atom. The summed E-state index contributed by atoms with van der Waals surface area (Å²) in [5, 5.41) is 9.92. The van der Waals surface area contributed by atoms with Gasteiger partial charge in [-0.1, -0.05) is 11.6 Å². The fraction of sp³-hybridized carbons (Fsp3) is 0.458. The number of aromatic nitrogens is 1. The number of nitriles is 1. The topological polar surface area (TPSA) is 90.5 Å². The van der Waals surface area contributed by atoms with Crippen LogP contribution < -0.4 is 10.3 Å². The molecule has 0 N–H and O–H groups in total. The molecule has 0 aliphatic carbocycles. The third-order valence-electron chi connectivity index (χ3n) is 5.18. The van der Waals surface area contributed by atoms with Crippen molar-refractivity contribution in [2.75, 3.05) is 13.7 Å². The lowest BCUT2D eigenvalue weighted by Gasteiger charge is -2.27. The molecule has 1 aromatic carbocycles. The van der Waals surface area contributed by atoms with E-state index < -0.39 is 23.2 Å². The molecule has 0 saturated carbocycles. The van der Waals surface area contributed by atoms with Crippen LogP contribution >= 0.6 is 11.6 Å². The number of pyridine rings is 1. The van der Waals surface area contributed by atoms with E-state index in [0.717, 1.165) is 12.8 Å². The molecule has 170 valence electrons. The summed E-state index contributed by atoms with van der Waals surface area (Å²) < 4.78 is 18.2. The third-order valence-corrected chi connectivity index (χ3v) is 5.42. The molecule has 0 bridgehead atoms. The van der Waals surface area contributed by atoms with E-state index in [4.69, 9.17) is 25.8 Å². The molecule has 1 saturated heterocycles. The number of carbonyl (C=O) groups is 1. The zero-order chi connectivity index (χ0) is 23.5. The third kappa shape index (κ3) is 5.50. The number of ether oxygens (including phenoxy) is 3. The minimum atomic E-state index is -0.873. The average Bonchev–Trinajstić information content (AvgIpc) is 3.24. The van der Waals surface area contributed by atoms with Gasteiger partial charge in [0.25, 0.3) is 5.56 Å². The van der Waals surface area contributed by atoms with Crippen molar-refractivity contribution in [2.24, 2.45) is 0 Å². The molecule has 0 spiro atoms. The van der Waals surface area contributed by atoms with E-state index in [1.165, 1.54) is 23.9 Å². The first-order valence-electron chi connectivity index (χ1n) is 10.5. The van der Waals surface area contributed by atoms with E-state index in [1.807, 2.05) is 0 Å². The molecule has 32 heavy (non-hydrogen) atoms. The number of carbonyl (C=O) groups excluding carboxylic acids is 1. The van der Waals surface area contributed by atoms with Crippen LogP contribution in [0.1, 0.15) is 51.6 Å². The lowest BCUT2D eigenvalue weighted by Crippen LogP contribution is -2.36. The van der Waals surface area contributed by atoms with Crippen LogP contribution in [0.5, 0.6) is 5.75 Å². The van der Waals surface area contributed by atoms with Gasteiger partial charge in [0, 0.05) is 35.2 Å². The highest BCUT2D eigenvalue weighted by Gasteiger charge is 2.32. The quantitative estimate of drug-likeness (QED) is 0.592. The molecule has 8 heteroatoms. The van der Waals surface area contributed by atoms with E-state index in [0.29, 0.717) is 40.5 Å². The summed E-state index contributed by atoms with van der Waals surface area (Å²) in [4.78, 5) is 26.3. The molecule has 1 aliphatic heterocycles. The van der Waals surface area contributed by atoms with Crippen molar-refractivity contribution in [1.29, 1.82) is 5.26 Å². The Bertz CT molecular complexity index is 1090. The van der Waals surface area contributed by atoms with Crippen molar-refractivity contribution >= 4 is 17.6 Å². The van der Waals surface area contributed by atoms with Crippen LogP contribution in [0, 0.1) is 11.3 Å². The zero-order valence-electron chi connectivity index (χ0n) is 18.7. The van der Waals surface area contributed by atoms with Crippen LogP contribution in [0.15, 0.2) is 35.3 Å². The van der Waals surface area contributed by atoms with Crippen molar-refractivity contribution in [3.8, 4) is 22.9 Å². The van der Waals surface area contributed by atoms with Crippen LogP contribution in [0.2, 0.25) is 5.02 Å². The molecule has 1 aliphatic rings. The predicted molar refractivity (Wildman–Crippen MR) is 121 cm³/mol. The Morgan fingerprint density at radius 1 is 1.34 bits per heavy atom. The summed E-state index contributed by atoms with van der Waals surface area (Å²) in [6, 6.07) is 7.40. The first-order chi connectivity index (χ1) is 15.1. The lowest BCUT2D eigenvalue weighted by atomic mass is 10.00. The molecule has 1 fully saturated rings. The zero-order valence-corrected chi connectivity index (χ0v) is 19.4. The Labute approximate surface area is 192 Å². The summed E-state index contributed by atoms with van der Waals surface area (Å²) in [5.41, 5.74) is 0.135. The highest BCUT2D eigenvalue weighted by molar-refractivity contribution is 6.31. The van der Waals surface area contributed by atoms with E-state index >= 15 is 0 Å². The molecular weight excluding hydrogens is 432 g/mol. The predicted octanol–water partition coefficient (Wildman–Crippen LogP) is 4.50. The minimum absolute atomic E-state index is 0.136. The van der Waals surface area contributed by atoms with Crippen molar-refractivity contribution in [3.05, 3.63) is 51.4 Å². The van der Waals surface area contributed by atoms with Crippen LogP contribution in [0.4, 0.5) is 0 Å². The molecule has 0 radical (unpaired) electrons. The number of hydrogen-bond acceptors (Lipinski definition) is 6. The maximum Gasteiger partial charge on any atom is 0.329 e. The van der Waals surface area contributed by atoms with Gasteiger partial charge >= 0.3 is 5.97 Å². The van der Waals surface area contributed by atoms with E-state index in [1.54, 1.807) is 39.0 Å². The molecule has 3 rings (SSSR count). The number of halogens is 1. The van der Waals surface area contributed by atoms with Gasteiger partial charge in [-0.15, -0.1) is 0 Å². The fourth-order valence-electron chi connectivity index (χ4n) is 3.75. The van der Waals surface area contributed by atoms with Gasteiger partial charge in [0.05, 0.1) is 31.0 Å². The molecular formula is C24H27ClN2O5. The maximum atomic E-state index is 13.2. The monoisotopic (exact) mass is 458 g/mol. The lowest BCUT2D eigenvalue weighted by molar-refractivity contribution is -0.160. The first-order valence-corrected chi connectivity index (χ1v) is 10.9. The van der Waals surface area contributed by atoms with Crippen molar-refractivity contribution in [1.82, 2.24) is 4.57 Å². The largest absolute Gasteiger partial charge is 0.495 e. The van der Waals surface area contributed by atoms with Gasteiger partial charge in [0.15, 0.2) is 0 Å². The molecule has 2 unspecified atom stereocenters. The second kappa shape index (κ2) is 9.76. The number of nitrogens with zero attached hydrogens (tertiary/aromatic N) is 2. The van der Waals surface area contributed by atoms with Gasteiger partial charge in [-0.3, -0.25) is 9.36 Å². The number of rotatable bonds is 6. The highest BCUT2D eigenvalue weighted by Crippen LogP contribution is 2.34. The summed E-state index contributed by atoms with van der Waals surface area (Å²) in [6.45, 7) is 5.98. The van der Waals surface area contributed by atoms with Crippen LogP contribution in [0.25, 0.3) is 11.1 Å². The van der Waals surface area contributed by atoms with E-state index in [9.17, 15) is 14.9 Å².